The van der Waals surface area contributed by atoms with E-state index in [1.807, 2.05) is 43.3 Å². The van der Waals surface area contributed by atoms with Crippen molar-refractivity contribution in [2.24, 2.45) is 0 Å². The van der Waals surface area contributed by atoms with E-state index < -0.39 is 5.60 Å². The standard InChI is InChI=1S/C17H19NO2/c1-17(13-19)12-18(11-14-7-3-2-4-8-14)15-9-5-6-10-16(15)20-17/h2-10,19H,11-13H2,1H3/t17-/m1/s1. The molecule has 1 N–H and O–H groups in total. The number of aliphatic hydroxyl groups is 1. The minimum Gasteiger partial charge on any atom is -0.481 e. The molecule has 0 bridgehead atoms. The van der Waals surface area contributed by atoms with Crippen LogP contribution in [0.3, 0.4) is 0 Å². The van der Waals surface area contributed by atoms with Gasteiger partial charge in [-0.1, -0.05) is 42.5 Å². The predicted octanol–water partition coefficient (Wildman–Crippen LogP) is 2.84. The topological polar surface area (TPSA) is 32.7 Å². The van der Waals surface area contributed by atoms with E-state index in [1.165, 1.54) is 5.56 Å². The molecular weight excluding hydrogens is 250 g/mol. The van der Waals surface area contributed by atoms with Crippen LogP contribution >= 0.6 is 0 Å². The molecular formula is C17H19NO2. The molecule has 1 aliphatic rings. The monoisotopic (exact) mass is 269 g/mol. The van der Waals surface area contributed by atoms with Gasteiger partial charge in [0.05, 0.1) is 18.8 Å². The molecule has 2 aromatic carbocycles. The Morgan fingerprint density at radius 2 is 1.80 bits per heavy atom. The fourth-order valence-electron chi connectivity index (χ4n) is 2.62. The molecule has 0 saturated heterocycles. The summed E-state index contributed by atoms with van der Waals surface area (Å²) in [7, 11) is 0. The van der Waals surface area contributed by atoms with E-state index in [0.717, 1.165) is 18.0 Å². The summed E-state index contributed by atoms with van der Waals surface area (Å²) >= 11 is 0. The lowest BCUT2D eigenvalue weighted by molar-refractivity contribution is 0.0234. The highest BCUT2D eigenvalue weighted by molar-refractivity contribution is 5.60. The Morgan fingerprint density at radius 1 is 1.10 bits per heavy atom. The van der Waals surface area contributed by atoms with E-state index in [4.69, 9.17) is 4.74 Å². The van der Waals surface area contributed by atoms with Crippen molar-refractivity contribution in [3.63, 3.8) is 0 Å². The highest BCUT2D eigenvalue weighted by Gasteiger charge is 2.34. The van der Waals surface area contributed by atoms with Gasteiger partial charge >= 0.3 is 0 Å². The summed E-state index contributed by atoms with van der Waals surface area (Å²) in [6.07, 6.45) is 0. The SMILES string of the molecule is C[C@]1(CO)CN(Cc2ccccc2)c2ccccc2O1. The van der Waals surface area contributed by atoms with Crippen molar-refractivity contribution >= 4 is 5.69 Å². The molecule has 0 radical (unpaired) electrons. The maximum Gasteiger partial charge on any atom is 0.147 e. The number of para-hydroxylation sites is 2. The second-order valence-electron chi connectivity index (χ2n) is 5.52. The van der Waals surface area contributed by atoms with E-state index in [1.54, 1.807) is 0 Å². The van der Waals surface area contributed by atoms with Crippen molar-refractivity contribution in [3.8, 4) is 5.75 Å². The number of hydrogen-bond donors (Lipinski definition) is 1. The zero-order valence-corrected chi connectivity index (χ0v) is 11.6. The predicted molar refractivity (Wildman–Crippen MR) is 80.1 cm³/mol. The number of fused-ring (bicyclic) bond motifs is 1. The van der Waals surface area contributed by atoms with Crippen LogP contribution in [0.25, 0.3) is 0 Å². The second-order valence-corrected chi connectivity index (χ2v) is 5.52. The number of benzene rings is 2. The first kappa shape index (κ1) is 13.0. The van der Waals surface area contributed by atoms with Crippen LogP contribution in [0.15, 0.2) is 54.6 Å². The van der Waals surface area contributed by atoms with Crippen LogP contribution in [0.1, 0.15) is 12.5 Å². The summed E-state index contributed by atoms with van der Waals surface area (Å²) in [6, 6.07) is 18.4. The van der Waals surface area contributed by atoms with Crippen LogP contribution < -0.4 is 9.64 Å². The summed E-state index contributed by atoms with van der Waals surface area (Å²) in [5.74, 6) is 0.839. The van der Waals surface area contributed by atoms with Crippen molar-refractivity contribution in [2.45, 2.75) is 19.1 Å². The first-order valence-electron chi connectivity index (χ1n) is 6.88. The first-order valence-corrected chi connectivity index (χ1v) is 6.88. The number of aliphatic hydroxyl groups excluding tert-OH is 1. The largest absolute Gasteiger partial charge is 0.481 e. The van der Waals surface area contributed by atoms with Crippen LogP contribution in [-0.2, 0) is 6.54 Å². The Kier molecular flexibility index (Phi) is 3.36. The van der Waals surface area contributed by atoms with E-state index in [9.17, 15) is 5.11 Å². The van der Waals surface area contributed by atoms with Gasteiger partial charge in [-0.3, -0.25) is 0 Å². The van der Waals surface area contributed by atoms with Crippen LogP contribution in [0.5, 0.6) is 5.75 Å². The van der Waals surface area contributed by atoms with Gasteiger partial charge in [0.2, 0.25) is 0 Å². The summed E-state index contributed by atoms with van der Waals surface area (Å²) in [6.45, 7) is 3.44. The molecule has 104 valence electrons. The fraction of sp³-hybridized carbons (Fsp3) is 0.294. The minimum atomic E-state index is -0.552. The highest BCUT2D eigenvalue weighted by atomic mass is 16.5. The van der Waals surface area contributed by atoms with Gasteiger partial charge in [0.25, 0.3) is 0 Å². The van der Waals surface area contributed by atoms with Crippen LogP contribution in [0, 0.1) is 0 Å². The van der Waals surface area contributed by atoms with Crippen molar-refractivity contribution in [1.82, 2.24) is 0 Å². The van der Waals surface area contributed by atoms with Crippen molar-refractivity contribution in [2.75, 3.05) is 18.1 Å². The van der Waals surface area contributed by atoms with Gasteiger partial charge in [-0.15, -0.1) is 0 Å². The molecule has 0 spiro atoms. The molecule has 0 unspecified atom stereocenters. The molecule has 20 heavy (non-hydrogen) atoms. The molecule has 3 rings (SSSR count). The van der Waals surface area contributed by atoms with Crippen molar-refractivity contribution < 1.29 is 9.84 Å². The zero-order valence-electron chi connectivity index (χ0n) is 11.6. The summed E-state index contributed by atoms with van der Waals surface area (Å²) in [4.78, 5) is 2.27. The lowest BCUT2D eigenvalue weighted by atomic mass is 10.0. The Labute approximate surface area is 119 Å². The Balaban J connectivity index is 1.93. The highest BCUT2D eigenvalue weighted by Crippen LogP contribution is 2.37. The van der Waals surface area contributed by atoms with Crippen molar-refractivity contribution in [1.29, 1.82) is 0 Å². The third-order valence-electron chi connectivity index (χ3n) is 3.64. The van der Waals surface area contributed by atoms with E-state index in [-0.39, 0.29) is 6.61 Å². The lowest BCUT2D eigenvalue weighted by Crippen LogP contribution is -2.51. The third kappa shape index (κ3) is 2.49. The van der Waals surface area contributed by atoms with E-state index in [0.29, 0.717) is 6.54 Å². The van der Waals surface area contributed by atoms with Crippen LogP contribution in [-0.4, -0.2) is 23.9 Å². The molecule has 1 aliphatic heterocycles. The minimum absolute atomic E-state index is 0.00657. The molecule has 1 atom stereocenters. The van der Waals surface area contributed by atoms with Gasteiger partial charge in [0.1, 0.15) is 11.4 Å². The van der Waals surface area contributed by atoms with Gasteiger partial charge in [-0.2, -0.15) is 0 Å². The Hall–Kier alpha value is -2.00. The normalized spacial score (nSPS) is 21.2. The smallest absolute Gasteiger partial charge is 0.147 e. The maximum atomic E-state index is 9.61. The fourth-order valence-corrected chi connectivity index (χ4v) is 2.62. The summed E-state index contributed by atoms with van der Waals surface area (Å²) in [5.41, 5.74) is 1.79. The van der Waals surface area contributed by atoms with Gasteiger partial charge in [-0.25, -0.2) is 0 Å². The Bertz CT molecular complexity index is 585. The molecule has 0 aliphatic carbocycles. The number of rotatable bonds is 3. The molecule has 3 nitrogen and oxygen atoms in total. The molecule has 0 aromatic heterocycles. The molecule has 1 heterocycles. The maximum absolute atomic E-state index is 9.61. The molecule has 0 fully saturated rings. The van der Waals surface area contributed by atoms with Crippen LogP contribution in [0.4, 0.5) is 5.69 Å². The number of hydrogen-bond acceptors (Lipinski definition) is 3. The quantitative estimate of drug-likeness (QED) is 0.930. The molecule has 2 aromatic rings. The van der Waals surface area contributed by atoms with Gasteiger partial charge in [0.15, 0.2) is 0 Å². The summed E-state index contributed by atoms with van der Waals surface area (Å²) < 4.78 is 5.94. The van der Waals surface area contributed by atoms with Gasteiger partial charge < -0.3 is 14.7 Å². The second kappa shape index (κ2) is 5.17. The Morgan fingerprint density at radius 3 is 2.55 bits per heavy atom. The molecule has 3 heteroatoms. The average molecular weight is 269 g/mol. The first-order chi connectivity index (χ1) is 9.70. The lowest BCUT2D eigenvalue weighted by Gasteiger charge is -2.42. The zero-order chi connectivity index (χ0) is 14.0. The van der Waals surface area contributed by atoms with Gasteiger partial charge in [0, 0.05) is 6.54 Å². The van der Waals surface area contributed by atoms with Crippen molar-refractivity contribution in [3.05, 3.63) is 60.2 Å². The van der Waals surface area contributed by atoms with E-state index in [2.05, 4.69) is 23.1 Å². The van der Waals surface area contributed by atoms with Crippen LogP contribution in [0.2, 0.25) is 0 Å². The summed E-state index contributed by atoms with van der Waals surface area (Å²) in [5, 5.41) is 9.61. The number of anilines is 1. The molecule has 0 saturated carbocycles. The number of ether oxygens (including phenoxy) is 1. The third-order valence-corrected chi connectivity index (χ3v) is 3.64. The average Bonchev–Trinajstić information content (AvgIpc) is 2.48. The number of nitrogens with zero attached hydrogens (tertiary/aromatic N) is 1. The van der Waals surface area contributed by atoms with Gasteiger partial charge in [-0.05, 0) is 24.6 Å². The molecule has 0 amide bonds. The van der Waals surface area contributed by atoms with E-state index >= 15 is 0 Å².